The summed E-state index contributed by atoms with van der Waals surface area (Å²) in [6, 6.07) is 31.1. The van der Waals surface area contributed by atoms with E-state index in [1.807, 2.05) is 0 Å². The van der Waals surface area contributed by atoms with E-state index in [4.69, 9.17) is 0 Å². The van der Waals surface area contributed by atoms with E-state index < -0.39 is 0 Å². The Morgan fingerprint density at radius 2 is 1.37 bits per heavy atom. The first kappa shape index (κ1) is 21.3. The fourth-order valence-corrected chi connectivity index (χ4v) is 4.85. The van der Waals surface area contributed by atoms with Crippen molar-refractivity contribution in [3.8, 4) is 0 Å². The molecular formula is C27H31BrN2. The van der Waals surface area contributed by atoms with Crippen LogP contribution in [0.25, 0.3) is 0 Å². The van der Waals surface area contributed by atoms with Gasteiger partial charge in [-0.1, -0.05) is 94.8 Å². The second-order valence-electron chi connectivity index (χ2n) is 8.29. The van der Waals surface area contributed by atoms with Gasteiger partial charge in [-0.25, -0.2) is 0 Å². The van der Waals surface area contributed by atoms with E-state index in [0.29, 0.717) is 6.04 Å². The SMILES string of the molecule is Brc1ccccc1CN1CCC(N(CCc2ccccc2)Cc2ccccc2)CC1. The topological polar surface area (TPSA) is 6.48 Å². The van der Waals surface area contributed by atoms with Crippen LogP contribution in [0.4, 0.5) is 0 Å². The summed E-state index contributed by atoms with van der Waals surface area (Å²) in [5.41, 5.74) is 4.24. The lowest BCUT2D eigenvalue weighted by Crippen LogP contribution is -2.45. The number of hydrogen-bond acceptors (Lipinski definition) is 2. The average Bonchev–Trinajstić information content (AvgIpc) is 2.80. The van der Waals surface area contributed by atoms with Gasteiger partial charge < -0.3 is 0 Å². The van der Waals surface area contributed by atoms with E-state index in [1.165, 1.54) is 47.1 Å². The van der Waals surface area contributed by atoms with Gasteiger partial charge in [-0.3, -0.25) is 9.80 Å². The van der Waals surface area contributed by atoms with E-state index >= 15 is 0 Å². The lowest BCUT2D eigenvalue weighted by Gasteiger charge is -2.39. The molecule has 0 amide bonds. The number of nitrogens with zero attached hydrogens (tertiary/aromatic N) is 2. The van der Waals surface area contributed by atoms with Crippen LogP contribution in [-0.4, -0.2) is 35.5 Å². The maximum atomic E-state index is 3.70. The Kier molecular flexibility index (Phi) is 7.74. The molecule has 0 spiro atoms. The molecule has 156 valence electrons. The summed E-state index contributed by atoms with van der Waals surface area (Å²) in [5.74, 6) is 0. The number of piperidine rings is 1. The van der Waals surface area contributed by atoms with E-state index in [9.17, 15) is 0 Å². The maximum Gasteiger partial charge on any atom is 0.0244 e. The first-order valence-corrected chi connectivity index (χ1v) is 11.8. The van der Waals surface area contributed by atoms with Crippen molar-refractivity contribution in [1.82, 2.24) is 9.80 Å². The third kappa shape index (κ3) is 6.04. The van der Waals surface area contributed by atoms with E-state index in [-0.39, 0.29) is 0 Å². The summed E-state index contributed by atoms with van der Waals surface area (Å²) in [4.78, 5) is 5.33. The van der Waals surface area contributed by atoms with Gasteiger partial charge in [-0.05, 0) is 55.1 Å². The van der Waals surface area contributed by atoms with Gasteiger partial charge in [0.15, 0.2) is 0 Å². The van der Waals surface area contributed by atoms with Crippen molar-refractivity contribution < 1.29 is 0 Å². The number of benzene rings is 3. The normalized spacial score (nSPS) is 15.5. The predicted molar refractivity (Wildman–Crippen MR) is 129 cm³/mol. The van der Waals surface area contributed by atoms with Crippen LogP contribution in [0, 0.1) is 0 Å². The van der Waals surface area contributed by atoms with Crippen molar-refractivity contribution in [3.63, 3.8) is 0 Å². The van der Waals surface area contributed by atoms with Crippen LogP contribution >= 0.6 is 15.9 Å². The fraction of sp³-hybridized carbons (Fsp3) is 0.333. The molecule has 4 rings (SSSR count). The molecule has 0 radical (unpaired) electrons. The lowest BCUT2D eigenvalue weighted by atomic mass is 10.0. The minimum Gasteiger partial charge on any atom is -0.299 e. The Labute approximate surface area is 189 Å². The molecule has 1 aliphatic rings. The summed E-state index contributed by atoms with van der Waals surface area (Å²) >= 11 is 3.70. The van der Waals surface area contributed by atoms with Crippen molar-refractivity contribution in [2.75, 3.05) is 19.6 Å². The van der Waals surface area contributed by atoms with Gasteiger partial charge in [0, 0.05) is 30.1 Å². The smallest absolute Gasteiger partial charge is 0.0244 e. The maximum absolute atomic E-state index is 3.70. The molecule has 1 saturated heterocycles. The molecule has 1 fully saturated rings. The molecule has 1 aliphatic heterocycles. The van der Waals surface area contributed by atoms with Crippen LogP contribution in [0.15, 0.2) is 89.4 Å². The molecule has 0 aromatic heterocycles. The first-order valence-electron chi connectivity index (χ1n) is 11.1. The van der Waals surface area contributed by atoms with E-state index in [0.717, 1.165) is 26.1 Å². The van der Waals surface area contributed by atoms with Crippen LogP contribution in [0.5, 0.6) is 0 Å². The Balaban J connectivity index is 1.37. The summed E-state index contributed by atoms with van der Waals surface area (Å²) in [6.45, 7) is 5.54. The van der Waals surface area contributed by atoms with Gasteiger partial charge in [0.1, 0.15) is 0 Å². The van der Waals surface area contributed by atoms with Gasteiger partial charge in [0.2, 0.25) is 0 Å². The number of hydrogen-bond donors (Lipinski definition) is 0. The zero-order valence-corrected chi connectivity index (χ0v) is 19.2. The van der Waals surface area contributed by atoms with Gasteiger partial charge in [-0.2, -0.15) is 0 Å². The fourth-order valence-electron chi connectivity index (χ4n) is 4.44. The number of halogens is 1. The minimum atomic E-state index is 0.657. The number of likely N-dealkylation sites (tertiary alicyclic amines) is 1. The highest BCUT2D eigenvalue weighted by Crippen LogP contribution is 2.23. The van der Waals surface area contributed by atoms with E-state index in [2.05, 4.69) is 111 Å². The molecule has 3 aromatic rings. The van der Waals surface area contributed by atoms with E-state index in [1.54, 1.807) is 0 Å². The Bertz CT molecular complexity index is 889. The second-order valence-corrected chi connectivity index (χ2v) is 9.14. The highest BCUT2D eigenvalue weighted by molar-refractivity contribution is 9.10. The Morgan fingerprint density at radius 1 is 0.767 bits per heavy atom. The van der Waals surface area contributed by atoms with Gasteiger partial charge in [0.25, 0.3) is 0 Å². The third-order valence-electron chi connectivity index (χ3n) is 6.18. The zero-order valence-electron chi connectivity index (χ0n) is 17.6. The van der Waals surface area contributed by atoms with Crippen molar-refractivity contribution in [3.05, 3.63) is 106 Å². The second kappa shape index (κ2) is 10.9. The highest BCUT2D eigenvalue weighted by atomic mass is 79.9. The quantitative estimate of drug-likeness (QED) is 0.395. The molecule has 0 atom stereocenters. The average molecular weight is 463 g/mol. The van der Waals surface area contributed by atoms with Crippen LogP contribution in [-0.2, 0) is 19.5 Å². The summed E-state index contributed by atoms with van der Waals surface area (Å²) < 4.78 is 1.22. The Hall–Kier alpha value is -1.94. The number of rotatable bonds is 8. The van der Waals surface area contributed by atoms with Crippen molar-refractivity contribution in [2.45, 2.75) is 38.4 Å². The molecule has 1 heterocycles. The van der Waals surface area contributed by atoms with Crippen LogP contribution in [0.1, 0.15) is 29.5 Å². The van der Waals surface area contributed by atoms with Crippen molar-refractivity contribution in [2.24, 2.45) is 0 Å². The van der Waals surface area contributed by atoms with Crippen LogP contribution in [0.2, 0.25) is 0 Å². The highest BCUT2D eigenvalue weighted by Gasteiger charge is 2.25. The van der Waals surface area contributed by atoms with Gasteiger partial charge in [-0.15, -0.1) is 0 Å². The standard InChI is InChI=1S/C27H31BrN2/c28-27-14-8-7-13-25(27)22-29-18-16-26(17-19-29)30(21-24-11-5-2-6-12-24)20-15-23-9-3-1-4-10-23/h1-14,26H,15-22H2. The molecule has 3 heteroatoms. The summed E-state index contributed by atoms with van der Waals surface area (Å²) in [5, 5.41) is 0. The predicted octanol–water partition coefficient (Wildman–Crippen LogP) is 6.16. The monoisotopic (exact) mass is 462 g/mol. The zero-order chi connectivity index (χ0) is 20.6. The molecule has 0 N–H and O–H groups in total. The van der Waals surface area contributed by atoms with Crippen LogP contribution in [0.3, 0.4) is 0 Å². The molecule has 0 unspecified atom stereocenters. The Morgan fingerprint density at radius 3 is 2.03 bits per heavy atom. The third-order valence-corrected chi connectivity index (χ3v) is 6.96. The van der Waals surface area contributed by atoms with Gasteiger partial charge in [0.05, 0.1) is 0 Å². The summed E-state index contributed by atoms with van der Waals surface area (Å²) in [6.07, 6.45) is 3.60. The van der Waals surface area contributed by atoms with Crippen molar-refractivity contribution in [1.29, 1.82) is 0 Å². The molecule has 0 aliphatic carbocycles. The first-order chi connectivity index (χ1) is 14.8. The lowest BCUT2D eigenvalue weighted by molar-refractivity contribution is 0.0996. The minimum absolute atomic E-state index is 0.657. The largest absolute Gasteiger partial charge is 0.299 e. The van der Waals surface area contributed by atoms with Crippen LogP contribution < -0.4 is 0 Å². The van der Waals surface area contributed by atoms with Gasteiger partial charge >= 0.3 is 0 Å². The molecule has 0 saturated carbocycles. The molecule has 30 heavy (non-hydrogen) atoms. The molecule has 3 aromatic carbocycles. The molecular weight excluding hydrogens is 432 g/mol. The summed E-state index contributed by atoms with van der Waals surface area (Å²) in [7, 11) is 0. The van der Waals surface area contributed by atoms with Crippen molar-refractivity contribution >= 4 is 15.9 Å². The molecule has 0 bridgehead atoms. The molecule has 2 nitrogen and oxygen atoms in total.